The second-order valence-corrected chi connectivity index (χ2v) is 3.97. The van der Waals surface area contributed by atoms with E-state index in [0.717, 1.165) is 0 Å². The van der Waals surface area contributed by atoms with Crippen molar-refractivity contribution in [1.29, 1.82) is 0 Å². The normalized spacial score (nSPS) is 11.6. The summed E-state index contributed by atoms with van der Waals surface area (Å²) in [5.41, 5.74) is 0. The van der Waals surface area contributed by atoms with E-state index in [4.69, 9.17) is 11.6 Å². The monoisotopic (exact) mass is 292 g/mol. The predicted molar refractivity (Wildman–Crippen MR) is 60.4 cm³/mol. The summed E-state index contributed by atoms with van der Waals surface area (Å²) >= 11 is 5.52. The zero-order valence-corrected chi connectivity index (χ0v) is 10.4. The first-order chi connectivity index (χ1) is 8.84. The van der Waals surface area contributed by atoms with Crippen LogP contribution in [0.5, 0.6) is 0 Å². The van der Waals surface area contributed by atoms with Crippen molar-refractivity contribution in [2.75, 3.05) is 5.32 Å². The smallest absolute Gasteiger partial charge is 0.363 e. The van der Waals surface area contributed by atoms with Crippen molar-refractivity contribution in [3.8, 4) is 0 Å². The van der Waals surface area contributed by atoms with Gasteiger partial charge in [-0.1, -0.05) is 11.6 Å². The van der Waals surface area contributed by atoms with Crippen LogP contribution in [0.2, 0.25) is 5.15 Å². The van der Waals surface area contributed by atoms with Gasteiger partial charge in [0, 0.05) is 13.1 Å². The Morgan fingerprint density at radius 2 is 2.11 bits per heavy atom. The molecule has 6 nitrogen and oxygen atoms in total. The second-order valence-electron chi connectivity index (χ2n) is 3.59. The lowest BCUT2D eigenvalue weighted by Gasteiger charge is -2.08. The molecular weight excluding hydrogens is 285 g/mol. The number of nitrogens with one attached hydrogen (secondary N) is 1. The Morgan fingerprint density at radius 3 is 2.68 bits per heavy atom. The third-order valence-corrected chi connectivity index (χ3v) is 2.22. The van der Waals surface area contributed by atoms with E-state index in [2.05, 4.69) is 25.4 Å². The number of hydrogen-bond acceptors (Lipinski definition) is 5. The third-order valence-electron chi connectivity index (χ3n) is 2.02. The summed E-state index contributed by atoms with van der Waals surface area (Å²) in [6, 6.07) is 1.19. The maximum Gasteiger partial charge on any atom is 0.451 e. The highest BCUT2D eigenvalue weighted by Gasteiger charge is 2.35. The molecule has 10 heteroatoms. The fourth-order valence-corrected chi connectivity index (χ4v) is 1.45. The molecule has 0 aromatic carbocycles. The van der Waals surface area contributed by atoms with Crippen molar-refractivity contribution >= 4 is 17.4 Å². The second kappa shape index (κ2) is 5.00. The molecule has 0 bridgehead atoms. The molecule has 2 aromatic rings. The molecule has 0 unspecified atom stereocenters. The molecule has 19 heavy (non-hydrogen) atoms. The van der Waals surface area contributed by atoms with Crippen molar-refractivity contribution in [3.63, 3.8) is 0 Å². The van der Waals surface area contributed by atoms with Gasteiger partial charge in [-0.05, 0) is 0 Å². The molecule has 0 saturated carbocycles. The largest absolute Gasteiger partial charge is 0.451 e. The molecule has 1 N–H and O–H groups in total. The van der Waals surface area contributed by atoms with Crippen molar-refractivity contribution < 1.29 is 13.2 Å². The highest BCUT2D eigenvalue weighted by molar-refractivity contribution is 6.29. The van der Waals surface area contributed by atoms with Gasteiger partial charge in [0.15, 0.2) is 5.82 Å². The molecule has 0 aliphatic rings. The fraction of sp³-hybridized carbons (Fsp3) is 0.333. The number of aryl methyl sites for hydroxylation is 1. The van der Waals surface area contributed by atoms with E-state index >= 15 is 0 Å². The molecule has 0 radical (unpaired) electrons. The molecule has 0 fully saturated rings. The van der Waals surface area contributed by atoms with Crippen LogP contribution in [0.25, 0.3) is 0 Å². The highest BCUT2D eigenvalue weighted by Crippen LogP contribution is 2.28. The minimum atomic E-state index is -4.65. The maximum absolute atomic E-state index is 12.5. The minimum Gasteiger partial charge on any atom is -0.363 e. The van der Waals surface area contributed by atoms with Gasteiger partial charge in [0.2, 0.25) is 5.82 Å². The van der Waals surface area contributed by atoms with Gasteiger partial charge in [0.05, 0.1) is 6.54 Å². The molecule has 0 aliphatic heterocycles. The van der Waals surface area contributed by atoms with E-state index in [9.17, 15) is 13.2 Å². The molecule has 2 aromatic heterocycles. The van der Waals surface area contributed by atoms with Crippen LogP contribution in [0.15, 0.2) is 12.4 Å². The van der Waals surface area contributed by atoms with E-state index in [1.54, 1.807) is 7.05 Å². The first kappa shape index (κ1) is 13.5. The molecule has 2 heterocycles. The third kappa shape index (κ3) is 3.53. The number of hydrogen-bond donors (Lipinski definition) is 1. The fourth-order valence-electron chi connectivity index (χ4n) is 1.27. The highest BCUT2D eigenvalue weighted by atomic mass is 35.5. The summed E-state index contributed by atoms with van der Waals surface area (Å²) in [6.07, 6.45) is -3.17. The van der Waals surface area contributed by atoms with Crippen LogP contribution in [0.1, 0.15) is 11.6 Å². The molecule has 2 rings (SSSR count). The number of halogens is 4. The Bertz CT molecular complexity index is 582. The standard InChI is InChI=1S/C9H8ClF3N6/c1-19-4-15-7(18-19)3-14-6-2-5(10)16-8(17-6)9(11,12)13/h2,4H,3H2,1H3,(H,14,16,17). The van der Waals surface area contributed by atoms with Gasteiger partial charge in [-0.15, -0.1) is 0 Å². The predicted octanol–water partition coefficient (Wildman–Crippen LogP) is 1.89. The van der Waals surface area contributed by atoms with Crippen molar-refractivity contribution in [2.24, 2.45) is 7.05 Å². The number of anilines is 1. The molecule has 0 amide bonds. The molecular formula is C9H8ClF3N6. The average Bonchev–Trinajstić information content (AvgIpc) is 2.71. The Labute approximate surface area is 110 Å². The van der Waals surface area contributed by atoms with Crippen LogP contribution < -0.4 is 5.32 Å². The molecule has 0 atom stereocenters. The lowest BCUT2D eigenvalue weighted by molar-refractivity contribution is -0.144. The van der Waals surface area contributed by atoms with E-state index in [1.807, 2.05) is 0 Å². The number of alkyl halides is 3. The van der Waals surface area contributed by atoms with Crippen molar-refractivity contribution in [1.82, 2.24) is 24.7 Å². The van der Waals surface area contributed by atoms with Gasteiger partial charge < -0.3 is 5.32 Å². The van der Waals surface area contributed by atoms with E-state index in [-0.39, 0.29) is 17.5 Å². The first-order valence-corrected chi connectivity index (χ1v) is 5.42. The SMILES string of the molecule is Cn1cnc(CNc2cc(Cl)nc(C(F)(F)F)n2)n1. The van der Waals surface area contributed by atoms with Crippen LogP contribution in [0.4, 0.5) is 19.0 Å². The van der Waals surface area contributed by atoms with Crippen LogP contribution >= 0.6 is 11.6 Å². The van der Waals surface area contributed by atoms with E-state index < -0.39 is 12.0 Å². The van der Waals surface area contributed by atoms with Gasteiger partial charge in [-0.25, -0.2) is 15.0 Å². The zero-order chi connectivity index (χ0) is 14.0. The van der Waals surface area contributed by atoms with Crippen LogP contribution in [0, 0.1) is 0 Å². The van der Waals surface area contributed by atoms with Gasteiger partial charge in [0.25, 0.3) is 0 Å². The molecule has 0 aliphatic carbocycles. The van der Waals surface area contributed by atoms with E-state index in [1.165, 1.54) is 17.1 Å². The van der Waals surface area contributed by atoms with Crippen LogP contribution in [-0.2, 0) is 19.8 Å². The number of rotatable bonds is 3. The molecule has 0 spiro atoms. The lowest BCUT2D eigenvalue weighted by atomic mass is 10.5. The van der Waals surface area contributed by atoms with Crippen molar-refractivity contribution in [2.45, 2.75) is 12.7 Å². The summed E-state index contributed by atoms with van der Waals surface area (Å²) in [5.74, 6) is -0.915. The van der Waals surface area contributed by atoms with Gasteiger partial charge in [-0.3, -0.25) is 4.68 Å². The van der Waals surface area contributed by atoms with E-state index in [0.29, 0.717) is 5.82 Å². The minimum absolute atomic E-state index is 0.0419. The number of nitrogens with zero attached hydrogens (tertiary/aromatic N) is 5. The molecule has 0 saturated heterocycles. The van der Waals surface area contributed by atoms with Crippen LogP contribution in [-0.4, -0.2) is 24.7 Å². The summed E-state index contributed by atoms with van der Waals surface area (Å²) < 4.78 is 38.9. The zero-order valence-electron chi connectivity index (χ0n) is 9.61. The number of aromatic nitrogens is 5. The first-order valence-electron chi connectivity index (χ1n) is 5.05. The molecule has 102 valence electrons. The average molecular weight is 293 g/mol. The summed E-state index contributed by atoms with van der Waals surface area (Å²) in [6.45, 7) is 0.130. The van der Waals surface area contributed by atoms with Crippen LogP contribution in [0.3, 0.4) is 0 Å². The Hall–Kier alpha value is -1.90. The topological polar surface area (TPSA) is 68.5 Å². The lowest BCUT2D eigenvalue weighted by Crippen LogP contribution is -2.13. The summed E-state index contributed by atoms with van der Waals surface area (Å²) in [5, 5.41) is 6.32. The van der Waals surface area contributed by atoms with Gasteiger partial charge in [-0.2, -0.15) is 18.3 Å². The Kier molecular flexibility index (Phi) is 3.56. The van der Waals surface area contributed by atoms with Gasteiger partial charge in [0.1, 0.15) is 17.3 Å². The van der Waals surface area contributed by atoms with Gasteiger partial charge >= 0.3 is 6.18 Å². The Morgan fingerprint density at radius 1 is 1.37 bits per heavy atom. The maximum atomic E-state index is 12.5. The summed E-state index contributed by atoms with van der Waals surface area (Å²) in [4.78, 5) is 10.4. The Balaban J connectivity index is 2.14. The quantitative estimate of drug-likeness (QED) is 0.875. The van der Waals surface area contributed by atoms with Crippen molar-refractivity contribution in [3.05, 3.63) is 29.2 Å². The summed E-state index contributed by atoms with van der Waals surface area (Å²) in [7, 11) is 1.68.